The van der Waals surface area contributed by atoms with Crippen LogP contribution in [0.1, 0.15) is 22.3 Å². The van der Waals surface area contributed by atoms with Gasteiger partial charge in [-0.3, -0.25) is 4.79 Å². The lowest BCUT2D eigenvalue weighted by molar-refractivity contribution is 0.0724. The van der Waals surface area contributed by atoms with E-state index in [4.69, 9.17) is 6.42 Å². The lowest BCUT2D eigenvalue weighted by Gasteiger charge is -2.26. The monoisotopic (exact) mass is 369 g/mol. The number of sulfone groups is 1. The second-order valence-corrected chi connectivity index (χ2v) is 8.24. The minimum atomic E-state index is -3.06. The number of benzene rings is 1. The molecule has 0 saturated carbocycles. The Morgan fingerprint density at radius 1 is 1.52 bits per heavy atom. The molecule has 0 bridgehead atoms. The standard InChI is InChI=1S/C15H16BrNO3S/c1-3-7-17(13-6-8-21(19,20)10-13)15(18)12-5-4-11(2)14(16)9-12/h1,4-5,9,13H,6-8,10H2,2H3. The van der Waals surface area contributed by atoms with Crippen LogP contribution in [0.15, 0.2) is 22.7 Å². The van der Waals surface area contributed by atoms with Crippen LogP contribution in [0.3, 0.4) is 0 Å². The molecule has 112 valence electrons. The fourth-order valence-corrected chi connectivity index (χ4v) is 4.49. The van der Waals surface area contributed by atoms with Crippen molar-refractivity contribution in [3.8, 4) is 12.3 Å². The van der Waals surface area contributed by atoms with Crippen LogP contribution in [-0.2, 0) is 9.84 Å². The lowest BCUT2D eigenvalue weighted by Crippen LogP contribution is -2.41. The number of aryl methyl sites for hydroxylation is 1. The summed E-state index contributed by atoms with van der Waals surface area (Å²) in [5, 5.41) is 0. The average Bonchev–Trinajstić information content (AvgIpc) is 2.78. The minimum absolute atomic E-state index is 0.00650. The van der Waals surface area contributed by atoms with Crippen molar-refractivity contribution < 1.29 is 13.2 Å². The third-order valence-corrected chi connectivity index (χ3v) is 6.20. The average molecular weight is 370 g/mol. The summed E-state index contributed by atoms with van der Waals surface area (Å²) in [4.78, 5) is 14.1. The second-order valence-electron chi connectivity index (χ2n) is 5.16. The van der Waals surface area contributed by atoms with Crippen molar-refractivity contribution in [1.82, 2.24) is 4.90 Å². The van der Waals surface area contributed by atoms with Gasteiger partial charge >= 0.3 is 0 Å². The zero-order valence-electron chi connectivity index (χ0n) is 11.7. The Morgan fingerprint density at radius 2 is 2.24 bits per heavy atom. The molecular weight excluding hydrogens is 354 g/mol. The number of hydrogen-bond acceptors (Lipinski definition) is 3. The molecule has 1 unspecified atom stereocenters. The van der Waals surface area contributed by atoms with Gasteiger partial charge in [0, 0.05) is 16.1 Å². The summed E-state index contributed by atoms with van der Waals surface area (Å²) in [6.45, 7) is 2.05. The van der Waals surface area contributed by atoms with Crippen LogP contribution in [0.4, 0.5) is 0 Å². The first-order valence-electron chi connectivity index (χ1n) is 6.55. The third-order valence-electron chi connectivity index (χ3n) is 3.59. The maximum atomic E-state index is 12.6. The highest BCUT2D eigenvalue weighted by Crippen LogP contribution is 2.22. The molecule has 1 heterocycles. The van der Waals surface area contributed by atoms with E-state index in [0.717, 1.165) is 10.0 Å². The number of halogens is 1. The summed E-state index contributed by atoms with van der Waals surface area (Å²) in [6.07, 6.45) is 5.78. The Kier molecular flexibility index (Phi) is 4.74. The summed E-state index contributed by atoms with van der Waals surface area (Å²) in [5.74, 6) is 2.33. The van der Waals surface area contributed by atoms with E-state index < -0.39 is 9.84 Å². The first-order valence-corrected chi connectivity index (χ1v) is 9.16. The van der Waals surface area contributed by atoms with Crippen LogP contribution < -0.4 is 0 Å². The largest absolute Gasteiger partial charge is 0.323 e. The van der Waals surface area contributed by atoms with Crippen molar-refractivity contribution in [3.63, 3.8) is 0 Å². The molecule has 0 aromatic heterocycles. The number of nitrogens with zero attached hydrogens (tertiary/aromatic N) is 1. The van der Waals surface area contributed by atoms with E-state index in [0.29, 0.717) is 12.0 Å². The molecule has 2 rings (SSSR count). The lowest BCUT2D eigenvalue weighted by atomic mass is 10.1. The van der Waals surface area contributed by atoms with Crippen molar-refractivity contribution in [2.24, 2.45) is 0 Å². The van der Waals surface area contributed by atoms with Crippen LogP contribution in [0.2, 0.25) is 0 Å². The quantitative estimate of drug-likeness (QED) is 0.765. The number of hydrogen-bond donors (Lipinski definition) is 0. The molecule has 1 aliphatic rings. The second kappa shape index (κ2) is 6.20. The summed E-state index contributed by atoms with van der Waals surface area (Å²) < 4.78 is 24.1. The van der Waals surface area contributed by atoms with Gasteiger partial charge in [0.1, 0.15) is 0 Å². The topological polar surface area (TPSA) is 54.5 Å². The smallest absolute Gasteiger partial charge is 0.254 e. The first kappa shape index (κ1) is 16.1. The molecule has 0 aliphatic carbocycles. The predicted octanol–water partition coefficient (Wildman–Crippen LogP) is 2.02. The van der Waals surface area contributed by atoms with Gasteiger partial charge < -0.3 is 4.90 Å². The highest BCUT2D eigenvalue weighted by Gasteiger charge is 2.34. The fourth-order valence-electron chi connectivity index (χ4n) is 2.38. The van der Waals surface area contributed by atoms with Gasteiger partial charge in [0.25, 0.3) is 5.91 Å². The molecule has 1 atom stereocenters. The van der Waals surface area contributed by atoms with Gasteiger partial charge in [0.15, 0.2) is 9.84 Å². The van der Waals surface area contributed by atoms with E-state index in [9.17, 15) is 13.2 Å². The van der Waals surface area contributed by atoms with Crippen LogP contribution in [-0.4, -0.2) is 43.3 Å². The van der Waals surface area contributed by atoms with E-state index in [2.05, 4.69) is 21.9 Å². The van der Waals surface area contributed by atoms with Crippen LogP contribution in [0, 0.1) is 19.3 Å². The number of carbonyl (C=O) groups excluding carboxylic acids is 1. The highest BCUT2D eigenvalue weighted by molar-refractivity contribution is 9.10. The molecule has 0 N–H and O–H groups in total. The summed E-state index contributed by atoms with van der Waals surface area (Å²) in [5.41, 5.74) is 1.53. The molecular formula is C15H16BrNO3S. The molecule has 4 nitrogen and oxygen atoms in total. The number of terminal acetylenes is 1. The van der Waals surface area contributed by atoms with Crippen LogP contribution in [0.25, 0.3) is 0 Å². The number of carbonyl (C=O) groups is 1. The Hall–Kier alpha value is -1.32. The van der Waals surface area contributed by atoms with Crippen LogP contribution in [0.5, 0.6) is 0 Å². The van der Waals surface area contributed by atoms with Gasteiger partial charge in [-0.05, 0) is 31.0 Å². The van der Waals surface area contributed by atoms with Crippen molar-refractivity contribution in [3.05, 3.63) is 33.8 Å². The summed E-state index contributed by atoms with van der Waals surface area (Å²) in [6, 6.07) is 4.98. The van der Waals surface area contributed by atoms with Crippen molar-refractivity contribution in [1.29, 1.82) is 0 Å². The third kappa shape index (κ3) is 3.66. The van der Waals surface area contributed by atoms with Crippen LogP contribution >= 0.6 is 15.9 Å². The number of rotatable bonds is 3. The highest BCUT2D eigenvalue weighted by atomic mass is 79.9. The molecule has 1 saturated heterocycles. The molecule has 1 amide bonds. The Bertz CT molecular complexity index is 706. The van der Waals surface area contributed by atoms with E-state index >= 15 is 0 Å². The Labute approximate surface area is 133 Å². The number of amides is 1. The maximum absolute atomic E-state index is 12.6. The van der Waals surface area contributed by atoms with Gasteiger partial charge in [-0.25, -0.2) is 8.42 Å². The fraction of sp³-hybridized carbons (Fsp3) is 0.400. The molecule has 1 fully saturated rings. The molecule has 1 aromatic carbocycles. The molecule has 1 aromatic rings. The van der Waals surface area contributed by atoms with Gasteiger partial charge in [0.2, 0.25) is 0 Å². The Morgan fingerprint density at radius 3 is 2.76 bits per heavy atom. The normalized spacial score (nSPS) is 20.0. The van der Waals surface area contributed by atoms with Gasteiger partial charge in [-0.2, -0.15) is 0 Å². The Balaban J connectivity index is 2.28. The zero-order chi connectivity index (χ0) is 15.6. The molecule has 1 aliphatic heterocycles. The molecule has 6 heteroatoms. The van der Waals surface area contributed by atoms with E-state index in [1.54, 1.807) is 12.1 Å². The van der Waals surface area contributed by atoms with Gasteiger partial charge in [0.05, 0.1) is 18.1 Å². The van der Waals surface area contributed by atoms with Crippen molar-refractivity contribution in [2.45, 2.75) is 19.4 Å². The molecule has 0 radical (unpaired) electrons. The van der Waals surface area contributed by atoms with E-state index in [1.165, 1.54) is 4.90 Å². The molecule has 0 spiro atoms. The van der Waals surface area contributed by atoms with E-state index in [-0.39, 0.29) is 30.0 Å². The maximum Gasteiger partial charge on any atom is 0.254 e. The molecule has 21 heavy (non-hydrogen) atoms. The SMILES string of the molecule is C#CCN(C(=O)c1ccc(C)c(Br)c1)C1CCS(=O)(=O)C1. The van der Waals surface area contributed by atoms with Crippen molar-refractivity contribution >= 4 is 31.7 Å². The van der Waals surface area contributed by atoms with Gasteiger partial charge in [-0.1, -0.05) is 27.9 Å². The predicted molar refractivity (Wildman–Crippen MR) is 85.8 cm³/mol. The van der Waals surface area contributed by atoms with Gasteiger partial charge in [-0.15, -0.1) is 6.42 Å². The first-order chi connectivity index (χ1) is 9.84. The van der Waals surface area contributed by atoms with Crippen molar-refractivity contribution in [2.75, 3.05) is 18.1 Å². The summed E-state index contributed by atoms with van der Waals surface area (Å²) >= 11 is 3.40. The van der Waals surface area contributed by atoms with E-state index in [1.807, 2.05) is 13.0 Å². The zero-order valence-corrected chi connectivity index (χ0v) is 14.1. The summed E-state index contributed by atoms with van der Waals surface area (Å²) in [7, 11) is -3.06. The minimum Gasteiger partial charge on any atom is -0.323 e.